The van der Waals surface area contributed by atoms with Gasteiger partial charge >= 0.3 is 6.18 Å². The fourth-order valence-electron chi connectivity index (χ4n) is 2.76. The van der Waals surface area contributed by atoms with E-state index in [2.05, 4.69) is 10.4 Å². The zero-order chi connectivity index (χ0) is 23.0. The second-order valence-electron chi connectivity index (χ2n) is 6.71. The Balaban J connectivity index is 1.96. The molecule has 0 aliphatic rings. The van der Waals surface area contributed by atoms with Crippen molar-refractivity contribution in [1.29, 1.82) is 0 Å². The third-order valence-electron chi connectivity index (χ3n) is 4.28. The van der Waals surface area contributed by atoms with Crippen molar-refractivity contribution >= 4 is 21.4 Å². The van der Waals surface area contributed by atoms with Gasteiger partial charge in [0.05, 0.1) is 16.1 Å². The number of carbonyl (C=O) groups excluding carboxylic acids is 1. The molecule has 1 aromatic heterocycles. The van der Waals surface area contributed by atoms with Crippen LogP contribution < -0.4 is 10.7 Å². The number of halogens is 3. The third kappa shape index (κ3) is 5.00. The Morgan fingerprint density at radius 1 is 1.06 bits per heavy atom. The Morgan fingerprint density at radius 3 is 2.29 bits per heavy atom. The van der Waals surface area contributed by atoms with Crippen LogP contribution in [0.2, 0.25) is 0 Å². The summed E-state index contributed by atoms with van der Waals surface area (Å²) in [6.07, 6.45) is -3.53. The quantitative estimate of drug-likeness (QED) is 0.657. The number of hydrogen-bond donors (Lipinski definition) is 1. The van der Waals surface area contributed by atoms with Gasteiger partial charge in [-0.2, -0.15) is 18.3 Å². The third-order valence-corrected chi connectivity index (χ3v) is 5.41. The minimum absolute atomic E-state index is 0.0267. The number of anilines is 1. The van der Waals surface area contributed by atoms with Crippen LogP contribution in [0.15, 0.2) is 64.3 Å². The molecule has 0 saturated heterocycles. The van der Waals surface area contributed by atoms with Gasteiger partial charge in [-0.25, -0.2) is 13.1 Å². The number of amides is 1. The van der Waals surface area contributed by atoms with Crippen LogP contribution in [-0.2, 0) is 16.0 Å². The van der Waals surface area contributed by atoms with E-state index < -0.39 is 38.6 Å². The molecule has 162 valence electrons. The first kappa shape index (κ1) is 22.2. The van der Waals surface area contributed by atoms with E-state index in [9.17, 15) is 31.2 Å². The molecule has 7 nitrogen and oxygen atoms in total. The lowest BCUT2D eigenvalue weighted by Crippen LogP contribution is -2.27. The average Bonchev–Trinajstić information content (AvgIpc) is 2.67. The van der Waals surface area contributed by atoms with Crippen LogP contribution >= 0.6 is 0 Å². The molecule has 2 aromatic carbocycles. The fourth-order valence-corrected chi connectivity index (χ4v) is 3.39. The number of nitrogens with zero attached hydrogens (tertiary/aromatic N) is 2. The summed E-state index contributed by atoms with van der Waals surface area (Å²) in [5, 5.41) is 6.37. The molecule has 0 atom stereocenters. The fraction of sp³-hybridized carbons (Fsp3) is 0.150. The summed E-state index contributed by atoms with van der Waals surface area (Å²) in [4.78, 5) is 24.9. The summed E-state index contributed by atoms with van der Waals surface area (Å²) < 4.78 is 63.1. The summed E-state index contributed by atoms with van der Waals surface area (Å²) in [6, 6.07) is 10.7. The maximum atomic E-state index is 13.0. The van der Waals surface area contributed by atoms with Crippen molar-refractivity contribution in [2.45, 2.75) is 18.0 Å². The van der Waals surface area contributed by atoms with Crippen molar-refractivity contribution in [1.82, 2.24) is 9.78 Å². The number of carbonyl (C=O) groups is 1. The molecule has 1 heterocycles. The second kappa shape index (κ2) is 7.99. The van der Waals surface area contributed by atoms with Gasteiger partial charge in [-0.1, -0.05) is 6.07 Å². The first-order chi connectivity index (χ1) is 14.4. The Labute approximate surface area is 175 Å². The van der Waals surface area contributed by atoms with Gasteiger partial charge in [-0.05, 0) is 49.4 Å². The summed E-state index contributed by atoms with van der Waals surface area (Å²) in [7, 11) is -3.42. The van der Waals surface area contributed by atoms with Crippen LogP contribution in [0.5, 0.6) is 0 Å². The van der Waals surface area contributed by atoms with Crippen molar-refractivity contribution in [2.24, 2.45) is 0 Å². The number of rotatable bonds is 4. The number of sulfone groups is 1. The molecular formula is C20H16F3N3O4S. The maximum absolute atomic E-state index is 13.0. The Bertz CT molecular complexity index is 1310. The van der Waals surface area contributed by atoms with E-state index in [-0.39, 0.29) is 22.0 Å². The molecule has 0 radical (unpaired) electrons. The predicted molar refractivity (Wildman–Crippen MR) is 107 cm³/mol. The monoisotopic (exact) mass is 451 g/mol. The average molecular weight is 451 g/mol. The molecule has 0 fully saturated rings. The van der Waals surface area contributed by atoms with Crippen molar-refractivity contribution < 1.29 is 26.4 Å². The molecule has 1 N–H and O–H groups in total. The lowest BCUT2D eigenvalue weighted by molar-refractivity contribution is -0.137. The van der Waals surface area contributed by atoms with Gasteiger partial charge in [0.2, 0.25) is 5.43 Å². The van der Waals surface area contributed by atoms with Crippen molar-refractivity contribution in [3.8, 4) is 5.69 Å². The molecule has 3 rings (SSSR count). The number of alkyl halides is 3. The van der Waals surface area contributed by atoms with Gasteiger partial charge in [0, 0.05) is 23.7 Å². The molecule has 31 heavy (non-hydrogen) atoms. The van der Waals surface area contributed by atoms with Gasteiger partial charge in [0.15, 0.2) is 15.5 Å². The maximum Gasteiger partial charge on any atom is 0.416 e. The highest BCUT2D eigenvalue weighted by molar-refractivity contribution is 7.90. The number of hydrogen-bond acceptors (Lipinski definition) is 5. The van der Waals surface area contributed by atoms with Gasteiger partial charge in [0.25, 0.3) is 5.91 Å². The molecule has 0 aliphatic carbocycles. The summed E-state index contributed by atoms with van der Waals surface area (Å²) >= 11 is 0. The van der Waals surface area contributed by atoms with Gasteiger partial charge in [0.1, 0.15) is 0 Å². The van der Waals surface area contributed by atoms with Gasteiger partial charge in [-0.3, -0.25) is 9.59 Å². The normalized spacial score (nSPS) is 11.9. The van der Waals surface area contributed by atoms with Crippen molar-refractivity contribution in [3.05, 3.63) is 81.8 Å². The largest absolute Gasteiger partial charge is 0.416 e. The van der Waals surface area contributed by atoms with Crippen molar-refractivity contribution in [3.63, 3.8) is 0 Å². The van der Waals surface area contributed by atoms with Gasteiger partial charge < -0.3 is 5.32 Å². The Hall–Kier alpha value is -3.47. The highest BCUT2D eigenvalue weighted by Crippen LogP contribution is 2.30. The molecule has 11 heteroatoms. The molecule has 0 unspecified atom stereocenters. The summed E-state index contributed by atoms with van der Waals surface area (Å²) in [5.41, 5.74) is -1.68. The van der Waals surface area contributed by atoms with E-state index >= 15 is 0 Å². The van der Waals surface area contributed by atoms with Crippen LogP contribution in [0.25, 0.3) is 5.69 Å². The number of aryl methyl sites for hydroxylation is 1. The van der Waals surface area contributed by atoms with Crippen LogP contribution in [0, 0.1) is 6.92 Å². The second-order valence-corrected chi connectivity index (χ2v) is 8.72. The zero-order valence-corrected chi connectivity index (χ0v) is 17.1. The SMILES string of the molecule is Cc1cc(=O)c(C(=O)Nc2ccc(S(C)(=O)=O)cc2)nn1-c1cccc(C(F)(F)F)c1. The highest BCUT2D eigenvalue weighted by atomic mass is 32.2. The van der Waals surface area contributed by atoms with E-state index in [4.69, 9.17) is 0 Å². The number of aromatic nitrogens is 2. The van der Waals surface area contributed by atoms with E-state index in [0.717, 1.165) is 29.1 Å². The molecular weight excluding hydrogens is 435 g/mol. The van der Waals surface area contributed by atoms with E-state index in [1.807, 2.05) is 0 Å². The van der Waals surface area contributed by atoms with Gasteiger partial charge in [-0.15, -0.1) is 0 Å². The molecule has 0 saturated carbocycles. The van der Waals surface area contributed by atoms with E-state index in [1.54, 1.807) is 0 Å². The predicted octanol–water partition coefficient (Wildman–Crippen LogP) is 3.22. The van der Waals surface area contributed by atoms with Crippen LogP contribution in [0.3, 0.4) is 0 Å². The molecule has 0 aliphatic heterocycles. The Morgan fingerprint density at radius 2 is 1.71 bits per heavy atom. The van der Waals surface area contributed by atoms with E-state index in [0.29, 0.717) is 0 Å². The molecule has 3 aromatic rings. The summed E-state index contributed by atoms with van der Waals surface area (Å²) in [5.74, 6) is -0.891. The topological polar surface area (TPSA) is 98.1 Å². The minimum atomic E-state index is -4.57. The number of benzene rings is 2. The van der Waals surface area contributed by atoms with Crippen LogP contribution in [0.1, 0.15) is 21.7 Å². The highest BCUT2D eigenvalue weighted by Gasteiger charge is 2.30. The zero-order valence-electron chi connectivity index (χ0n) is 16.3. The van der Waals surface area contributed by atoms with E-state index in [1.165, 1.54) is 43.3 Å². The first-order valence-electron chi connectivity index (χ1n) is 8.76. The Kier molecular flexibility index (Phi) is 5.72. The summed E-state index contributed by atoms with van der Waals surface area (Å²) in [6.45, 7) is 1.47. The molecule has 0 spiro atoms. The lowest BCUT2D eigenvalue weighted by Gasteiger charge is -2.13. The van der Waals surface area contributed by atoms with Crippen LogP contribution in [-0.4, -0.2) is 30.4 Å². The van der Waals surface area contributed by atoms with Crippen LogP contribution in [0.4, 0.5) is 18.9 Å². The molecule has 1 amide bonds. The first-order valence-corrected chi connectivity index (χ1v) is 10.7. The van der Waals surface area contributed by atoms with Crippen molar-refractivity contribution in [2.75, 3.05) is 11.6 Å². The lowest BCUT2D eigenvalue weighted by atomic mass is 10.2. The number of nitrogens with one attached hydrogen (secondary N) is 1. The molecule has 0 bridgehead atoms. The standard InChI is InChI=1S/C20H16F3N3O4S/c1-12-10-17(27)18(19(28)24-14-6-8-16(9-7-14)31(2,29)30)25-26(12)15-5-3-4-13(11-15)20(21,22)23/h3-11H,1-2H3,(H,24,28). The smallest absolute Gasteiger partial charge is 0.320 e. The minimum Gasteiger partial charge on any atom is -0.320 e.